The third kappa shape index (κ3) is 2.31. The number of allylic oxidation sites excluding steroid dienone is 1. The Morgan fingerprint density at radius 3 is 2.92 bits per heavy atom. The maximum atomic E-state index is 5.57. The van der Waals surface area contributed by atoms with Gasteiger partial charge in [-0.25, -0.2) is 4.98 Å². The highest BCUT2D eigenvalue weighted by atomic mass is 127. The van der Waals surface area contributed by atoms with E-state index in [4.69, 9.17) is 5.73 Å². The Morgan fingerprint density at radius 2 is 2.42 bits per heavy atom. The van der Waals surface area contributed by atoms with Gasteiger partial charge in [0.1, 0.15) is 0 Å². The lowest BCUT2D eigenvalue weighted by atomic mass is 10.5. The molecule has 1 rings (SSSR count). The van der Waals surface area contributed by atoms with E-state index in [0.29, 0.717) is 5.13 Å². The van der Waals surface area contributed by atoms with Gasteiger partial charge in [-0.1, -0.05) is 24.0 Å². The van der Waals surface area contributed by atoms with Crippen molar-refractivity contribution in [2.24, 2.45) is 0 Å². The zero-order chi connectivity index (χ0) is 9.14. The van der Waals surface area contributed by atoms with Crippen LogP contribution in [0.1, 0.15) is 6.92 Å². The smallest absolute Gasteiger partial charge is 0.181 e. The predicted molar refractivity (Wildman–Crippen MR) is 63.5 cm³/mol. The molecule has 0 aromatic carbocycles. The van der Waals surface area contributed by atoms with E-state index in [-0.39, 0.29) is 0 Å². The van der Waals surface area contributed by atoms with Crippen molar-refractivity contribution < 1.29 is 0 Å². The number of nitrogens with two attached hydrogens (primary N) is 1. The van der Waals surface area contributed by atoms with Gasteiger partial charge in [-0.15, -0.1) is 0 Å². The summed E-state index contributed by atoms with van der Waals surface area (Å²) in [6.45, 7) is 5.74. The van der Waals surface area contributed by atoms with E-state index >= 15 is 0 Å². The molecule has 1 heterocycles. The summed E-state index contributed by atoms with van der Waals surface area (Å²) in [7, 11) is 0. The van der Waals surface area contributed by atoms with Crippen LogP contribution in [0.25, 0.3) is 12.2 Å². The van der Waals surface area contributed by atoms with Crippen molar-refractivity contribution in [2.45, 2.75) is 6.92 Å². The highest BCUT2D eigenvalue weighted by molar-refractivity contribution is 14.1. The minimum absolute atomic E-state index is 0.604. The second-order valence-corrected chi connectivity index (χ2v) is 4.63. The van der Waals surface area contributed by atoms with Gasteiger partial charge < -0.3 is 5.73 Å². The predicted octanol–water partition coefficient (Wildman–Crippen LogP) is 1.25. The van der Waals surface area contributed by atoms with Crippen LogP contribution in [0.5, 0.6) is 0 Å². The molecule has 0 saturated heterocycles. The molecule has 0 aliphatic rings. The van der Waals surface area contributed by atoms with Crippen LogP contribution in [-0.4, -0.2) is 4.98 Å². The van der Waals surface area contributed by atoms with Gasteiger partial charge in [0.05, 0.1) is 9.88 Å². The second kappa shape index (κ2) is 4.04. The lowest BCUT2D eigenvalue weighted by Gasteiger charge is -1.78. The molecule has 1 aromatic rings. The first kappa shape index (κ1) is 9.73. The van der Waals surface area contributed by atoms with Crippen molar-refractivity contribution in [2.75, 3.05) is 5.73 Å². The van der Waals surface area contributed by atoms with Crippen molar-refractivity contribution in [3.8, 4) is 0 Å². The van der Waals surface area contributed by atoms with Crippen LogP contribution in [0.15, 0.2) is 10.2 Å². The molecule has 0 unspecified atom stereocenters. The molecule has 0 saturated carbocycles. The largest absolute Gasteiger partial charge is 0.375 e. The van der Waals surface area contributed by atoms with Crippen LogP contribution in [0, 0.1) is 0 Å². The first-order chi connectivity index (χ1) is 5.63. The summed E-state index contributed by atoms with van der Waals surface area (Å²) < 4.78 is 2.06. The van der Waals surface area contributed by atoms with E-state index < -0.39 is 0 Å². The highest BCUT2D eigenvalue weighted by Gasteiger charge is 1.93. The minimum atomic E-state index is 0.604. The number of nitrogen functional groups attached to an aromatic ring is 1. The lowest BCUT2D eigenvalue weighted by molar-refractivity contribution is 1.32. The summed E-state index contributed by atoms with van der Waals surface area (Å²) in [5.74, 6) is 0. The number of halogens is 1. The van der Waals surface area contributed by atoms with E-state index in [2.05, 4.69) is 34.2 Å². The van der Waals surface area contributed by atoms with Gasteiger partial charge in [0.2, 0.25) is 0 Å². The standard InChI is InChI=1S/C8H9IN2S/c1-3-6-7(4-5(2)9)12-8(10)11-6/h3-4H,2H2,1H3,(H2,10,11)/b6-3+,7-4+. The van der Waals surface area contributed by atoms with Gasteiger partial charge in [-0.2, -0.15) is 0 Å². The molecule has 4 heteroatoms. The maximum Gasteiger partial charge on any atom is 0.181 e. The topological polar surface area (TPSA) is 38.9 Å². The van der Waals surface area contributed by atoms with E-state index in [1.807, 2.05) is 19.1 Å². The summed E-state index contributed by atoms with van der Waals surface area (Å²) in [6, 6.07) is 0. The van der Waals surface area contributed by atoms with E-state index in [0.717, 1.165) is 13.5 Å². The van der Waals surface area contributed by atoms with Crippen LogP contribution in [-0.2, 0) is 0 Å². The quantitative estimate of drug-likeness (QED) is 0.791. The van der Waals surface area contributed by atoms with Crippen LogP contribution in [0.2, 0.25) is 0 Å². The van der Waals surface area contributed by atoms with E-state index in [9.17, 15) is 0 Å². The SMILES string of the molecule is C=C(I)/C=c1/sc(N)n/c1=C/C. The number of hydrogen-bond donors (Lipinski definition) is 1. The van der Waals surface area contributed by atoms with E-state index in [1.165, 1.54) is 11.3 Å². The van der Waals surface area contributed by atoms with Crippen molar-refractivity contribution in [1.82, 2.24) is 4.98 Å². The highest BCUT2D eigenvalue weighted by Crippen LogP contribution is 2.03. The van der Waals surface area contributed by atoms with Gasteiger partial charge in [0, 0.05) is 3.58 Å². The number of anilines is 1. The first-order valence-corrected chi connectivity index (χ1v) is 5.28. The summed E-state index contributed by atoms with van der Waals surface area (Å²) in [4.78, 5) is 4.15. The lowest BCUT2D eigenvalue weighted by Crippen LogP contribution is -2.19. The van der Waals surface area contributed by atoms with Crippen molar-refractivity contribution in [3.05, 3.63) is 20.0 Å². The van der Waals surface area contributed by atoms with Crippen molar-refractivity contribution in [3.63, 3.8) is 0 Å². The number of rotatable bonds is 1. The molecule has 0 bridgehead atoms. The van der Waals surface area contributed by atoms with Gasteiger partial charge in [0.15, 0.2) is 5.13 Å². The summed E-state index contributed by atoms with van der Waals surface area (Å²) in [5, 5.41) is 1.54. The summed E-state index contributed by atoms with van der Waals surface area (Å²) in [6.07, 6.45) is 3.92. The Balaban J connectivity index is 3.43. The Hall–Kier alpha value is -0.360. The molecule has 0 radical (unpaired) electrons. The molecule has 0 amide bonds. The summed E-state index contributed by atoms with van der Waals surface area (Å²) in [5.41, 5.74) is 5.57. The molecular weight excluding hydrogens is 283 g/mol. The summed E-state index contributed by atoms with van der Waals surface area (Å²) >= 11 is 3.64. The zero-order valence-corrected chi connectivity index (χ0v) is 9.65. The molecule has 2 N–H and O–H groups in total. The van der Waals surface area contributed by atoms with Gasteiger partial charge >= 0.3 is 0 Å². The fourth-order valence-corrected chi connectivity index (χ4v) is 2.18. The Morgan fingerprint density at radius 1 is 1.75 bits per heavy atom. The number of nitrogens with zero attached hydrogens (tertiary/aromatic N) is 1. The van der Waals surface area contributed by atoms with Crippen LogP contribution < -0.4 is 15.6 Å². The number of hydrogen-bond acceptors (Lipinski definition) is 3. The van der Waals surface area contributed by atoms with Gasteiger partial charge in [-0.05, 0) is 35.6 Å². The normalized spacial score (nSPS) is 13.8. The van der Waals surface area contributed by atoms with Crippen LogP contribution in [0.4, 0.5) is 5.13 Å². The van der Waals surface area contributed by atoms with E-state index in [1.54, 1.807) is 0 Å². The van der Waals surface area contributed by atoms with Crippen molar-refractivity contribution >= 4 is 51.2 Å². The van der Waals surface area contributed by atoms with Gasteiger partial charge in [0.25, 0.3) is 0 Å². The average Bonchev–Trinajstić information content (AvgIpc) is 2.29. The molecule has 0 atom stereocenters. The Labute approximate surface area is 88.6 Å². The Bertz CT molecular complexity index is 405. The molecular formula is C8H9IN2S. The molecule has 0 spiro atoms. The second-order valence-electron chi connectivity index (χ2n) is 2.18. The van der Waals surface area contributed by atoms with Crippen LogP contribution in [0.3, 0.4) is 0 Å². The monoisotopic (exact) mass is 292 g/mol. The maximum absolute atomic E-state index is 5.57. The molecule has 0 fully saturated rings. The molecule has 12 heavy (non-hydrogen) atoms. The molecule has 2 nitrogen and oxygen atoms in total. The number of aromatic nitrogens is 1. The molecule has 0 aliphatic carbocycles. The fraction of sp³-hybridized carbons (Fsp3) is 0.125. The number of thiazole rings is 1. The Kier molecular flexibility index (Phi) is 3.28. The molecule has 64 valence electrons. The molecule has 0 aliphatic heterocycles. The van der Waals surface area contributed by atoms with Crippen LogP contribution >= 0.6 is 33.9 Å². The minimum Gasteiger partial charge on any atom is -0.375 e. The van der Waals surface area contributed by atoms with Crippen molar-refractivity contribution in [1.29, 1.82) is 0 Å². The average molecular weight is 292 g/mol. The first-order valence-electron chi connectivity index (χ1n) is 3.38. The zero-order valence-electron chi connectivity index (χ0n) is 6.67. The third-order valence-corrected chi connectivity index (χ3v) is 2.42. The van der Waals surface area contributed by atoms with Gasteiger partial charge in [-0.3, -0.25) is 0 Å². The third-order valence-electron chi connectivity index (χ3n) is 1.26. The fourth-order valence-electron chi connectivity index (χ4n) is 0.814. The molecule has 1 aromatic heterocycles.